The fraction of sp³-hybridized carbons (Fsp3) is 0.585. The van der Waals surface area contributed by atoms with E-state index in [0.29, 0.717) is 15.0 Å². The van der Waals surface area contributed by atoms with Crippen LogP contribution in [0.5, 0.6) is 0 Å². The Balaban J connectivity index is 0.00000192. The van der Waals surface area contributed by atoms with Crippen LogP contribution < -0.4 is 24.8 Å². The molecule has 1 unspecified atom stereocenters. The monoisotopic (exact) mass is 706 g/mol. The van der Waals surface area contributed by atoms with Gasteiger partial charge in [0.15, 0.2) is 0 Å². The minimum absolute atomic E-state index is 0. The normalized spacial score (nSPS) is 28.5. The summed E-state index contributed by atoms with van der Waals surface area (Å²) >= 11 is -2.37. The van der Waals surface area contributed by atoms with Crippen LogP contribution in [0.2, 0.25) is 0 Å². The zero-order valence-electron chi connectivity index (χ0n) is 28.9. The molecule has 0 nitrogen and oxygen atoms in total. The van der Waals surface area contributed by atoms with Crippen LogP contribution in [0.3, 0.4) is 0 Å². The van der Waals surface area contributed by atoms with Crippen molar-refractivity contribution >= 4 is 3.21 Å². The molecule has 1 atom stereocenters. The molecule has 44 heavy (non-hydrogen) atoms. The number of benzene rings is 2. The summed E-state index contributed by atoms with van der Waals surface area (Å²) in [5, 5.41) is 0. The fourth-order valence-corrected chi connectivity index (χ4v) is 20.2. The van der Waals surface area contributed by atoms with E-state index in [9.17, 15) is 0 Å². The Hall–Kier alpha value is -0.747. The molecular weight excluding hydrogens is 655 g/mol. The summed E-state index contributed by atoms with van der Waals surface area (Å²) in [6.45, 7) is 24.4. The second-order valence-electron chi connectivity index (χ2n) is 17.6. The van der Waals surface area contributed by atoms with Gasteiger partial charge in [0.25, 0.3) is 0 Å². The van der Waals surface area contributed by atoms with E-state index in [1.54, 1.807) is 31.0 Å². The summed E-state index contributed by atoms with van der Waals surface area (Å²) in [6.07, 6.45) is 11.7. The van der Waals surface area contributed by atoms with Crippen molar-refractivity contribution in [3.63, 3.8) is 0 Å². The van der Waals surface area contributed by atoms with Gasteiger partial charge in [-0.2, -0.15) is 0 Å². The fourth-order valence-electron chi connectivity index (χ4n) is 10.7. The summed E-state index contributed by atoms with van der Waals surface area (Å²) in [5.74, 6) is 3.58. The topological polar surface area (TPSA) is 0 Å². The van der Waals surface area contributed by atoms with Gasteiger partial charge in [-0.3, -0.25) is 0 Å². The molecular formula is C41H54Cl2Zr. The SMILES string of the molecule is CC1=CC(C)[C]([Zr+2](=[C](C)C)[CH]2c3ccc(C(C)(C)C)cc3-c3cc(C(C)(C)C)ccc32)=C1C12CC3CC(CC(C3)C1)C2.[Cl-].[Cl-]. The Morgan fingerprint density at radius 1 is 0.727 bits per heavy atom. The average Bonchev–Trinajstić information content (AvgIpc) is 3.35. The molecule has 3 heteroatoms. The van der Waals surface area contributed by atoms with Gasteiger partial charge in [-0.1, -0.05) is 0 Å². The minimum atomic E-state index is -2.37. The smallest absolute Gasteiger partial charge is 1.00 e. The Bertz CT molecular complexity index is 1470. The molecule has 6 aliphatic carbocycles. The molecule has 6 aliphatic rings. The standard InChI is InChI=1S/C21H25.C17H23.C3H6.2ClH.Zr/c1-20(2,3)16-9-7-14-11-15-8-10-17(21(4,5)6)13-19(15)18(14)12-16;1-11-3-12(2)16(4-11)17-8-13-5-14(9-17)7-15(6-13)10-17;1-3-2;;;/h7-13H,1-6H3;3,11,13-15H,5-10H2,1-2H3;1-2H3;2*1H;/q;;;;;+2/p-2. The molecule has 4 saturated carbocycles. The zero-order chi connectivity index (χ0) is 29.9. The number of allylic oxidation sites excluding steroid dienone is 4. The van der Waals surface area contributed by atoms with Crippen LogP contribution in [0.1, 0.15) is 134 Å². The third-order valence-corrected chi connectivity index (χ3v) is 20.8. The second-order valence-corrected chi connectivity index (χ2v) is 24.8. The van der Waals surface area contributed by atoms with E-state index in [0.717, 1.165) is 17.8 Å². The molecule has 8 rings (SSSR count). The summed E-state index contributed by atoms with van der Waals surface area (Å²) in [4.78, 5) is 0. The number of halogens is 2. The average molecular weight is 709 g/mol. The van der Waals surface area contributed by atoms with E-state index >= 15 is 0 Å². The maximum atomic E-state index is 2.70. The number of fused-ring (bicyclic) bond motifs is 3. The van der Waals surface area contributed by atoms with Crippen LogP contribution >= 0.6 is 0 Å². The van der Waals surface area contributed by atoms with Crippen LogP contribution in [0.15, 0.2) is 56.9 Å². The van der Waals surface area contributed by atoms with Gasteiger partial charge in [-0.15, -0.1) is 0 Å². The summed E-state index contributed by atoms with van der Waals surface area (Å²) in [6, 6.07) is 15.3. The number of hydrogen-bond donors (Lipinski definition) is 0. The van der Waals surface area contributed by atoms with Gasteiger partial charge in [-0.05, 0) is 0 Å². The van der Waals surface area contributed by atoms with Gasteiger partial charge in [0.1, 0.15) is 0 Å². The van der Waals surface area contributed by atoms with E-state index in [-0.39, 0.29) is 35.6 Å². The zero-order valence-corrected chi connectivity index (χ0v) is 32.9. The van der Waals surface area contributed by atoms with E-state index in [4.69, 9.17) is 0 Å². The van der Waals surface area contributed by atoms with Gasteiger partial charge >= 0.3 is 266 Å². The van der Waals surface area contributed by atoms with E-state index < -0.39 is 21.3 Å². The summed E-state index contributed by atoms with van der Waals surface area (Å²) < 4.78 is 4.36. The molecule has 0 aromatic heterocycles. The molecule has 0 saturated heterocycles. The van der Waals surface area contributed by atoms with Crippen molar-refractivity contribution in [1.29, 1.82) is 0 Å². The quantitative estimate of drug-likeness (QED) is 0.409. The number of rotatable bonds is 3. The summed E-state index contributed by atoms with van der Waals surface area (Å²) in [5.41, 5.74) is 13.7. The van der Waals surface area contributed by atoms with Crippen molar-refractivity contribution in [3.05, 3.63) is 79.2 Å². The van der Waals surface area contributed by atoms with E-state index in [1.165, 1.54) is 49.7 Å². The third kappa shape index (κ3) is 5.50. The van der Waals surface area contributed by atoms with Crippen molar-refractivity contribution in [2.45, 2.75) is 122 Å². The van der Waals surface area contributed by atoms with Crippen molar-refractivity contribution < 1.29 is 46.1 Å². The van der Waals surface area contributed by atoms with Crippen LogP contribution in [-0.4, -0.2) is 3.21 Å². The first-order chi connectivity index (χ1) is 19.7. The predicted octanol–water partition coefficient (Wildman–Crippen LogP) is 5.26. The largest absolute Gasteiger partial charge is 1.00 e. The number of hydrogen-bond acceptors (Lipinski definition) is 0. The summed E-state index contributed by atoms with van der Waals surface area (Å²) in [7, 11) is 0. The van der Waals surface area contributed by atoms with Crippen LogP contribution in [0.4, 0.5) is 0 Å². The first-order valence-corrected chi connectivity index (χ1v) is 20.9. The van der Waals surface area contributed by atoms with Crippen LogP contribution in [-0.2, 0) is 32.1 Å². The van der Waals surface area contributed by atoms with Crippen molar-refractivity contribution in [3.8, 4) is 11.1 Å². The molecule has 4 bridgehead atoms. The Kier molecular flexibility index (Phi) is 9.23. The van der Waals surface area contributed by atoms with Gasteiger partial charge in [0.2, 0.25) is 0 Å². The third-order valence-electron chi connectivity index (χ3n) is 12.1. The molecule has 236 valence electrons. The molecule has 0 heterocycles. The van der Waals surface area contributed by atoms with Gasteiger partial charge in [-0.25, -0.2) is 0 Å². The predicted molar refractivity (Wildman–Crippen MR) is 178 cm³/mol. The molecule has 2 aromatic rings. The first kappa shape index (κ1) is 34.6. The Labute approximate surface area is 288 Å². The molecule has 0 spiro atoms. The molecule has 4 fully saturated rings. The second kappa shape index (κ2) is 11.7. The molecule has 0 aliphatic heterocycles. The molecule has 0 amide bonds. The molecule has 0 N–H and O–H groups in total. The van der Waals surface area contributed by atoms with Crippen molar-refractivity contribution in [1.82, 2.24) is 0 Å². The van der Waals surface area contributed by atoms with Crippen LogP contribution in [0.25, 0.3) is 11.1 Å². The van der Waals surface area contributed by atoms with Crippen molar-refractivity contribution in [2.75, 3.05) is 0 Å². The van der Waals surface area contributed by atoms with Gasteiger partial charge in [0.05, 0.1) is 0 Å². The molecule has 2 aromatic carbocycles. The maximum Gasteiger partial charge on any atom is -1.00 e. The Morgan fingerprint density at radius 3 is 1.55 bits per heavy atom. The molecule has 0 radical (unpaired) electrons. The van der Waals surface area contributed by atoms with Gasteiger partial charge in [0, 0.05) is 0 Å². The van der Waals surface area contributed by atoms with E-state index in [2.05, 4.69) is 112 Å². The van der Waals surface area contributed by atoms with Crippen molar-refractivity contribution in [2.24, 2.45) is 29.1 Å². The first-order valence-electron chi connectivity index (χ1n) is 17.1. The minimum Gasteiger partial charge on any atom is -1.00 e. The van der Waals surface area contributed by atoms with Crippen LogP contribution in [0, 0.1) is 29.1 Å². The maximum absolute atomic E-state index is 2.70. The van der Waals surface area contributed by atoms with E-state index in [1.807, 2.05) is 8.85 Å². The Morgan fingerprint density at radius 2 is 1.16 bits per heavy atom. The van der Waals surface area contributed by atoms with Gasteiger partial charge < -0.3 is 24.8 Å².